The number of methoxy groups -OCH3 is 1. The number of amides is 1. The summed E-state index contributed by atoms with van der Waals surface area (Å²) in [7, 11) is 1.36. The second kappa shape index (κ2) is 7.91. The van der Waals surface area contributed by atoms with Crippen molar-refractivity contribution in [3.63, 3.8) is 0 Å². The summed E-state index contributed by atoms with van der Waals surface area (Å²) in [5.74, 6) is -0.662. The Bertz CT molecular complexity index is 1020. The minimum atomic E-state index is -0.928. The van der Waals surface area contributed by atoms with Crippen LogP contribution in [-0.4, -0.2) is 34.3 Å². The van der Waals surface area contributed by atoms with Crippen LogP contribution in [0.1, 0.15) is 36.0 Å². The van der Waals surface area contributed by atoms with Crippen molar-refractivity contribution in [3.8, 4) is 16.9 Å². The maximum Gasteiger partial charge on any atom is 0.331 e. The van der Waals surface area contributed by atoms with E-state index in [2.05, 4.69) is 10.4 Å². The number of hydrogen-bond donors (Lipinski definition) is 1. The van der Waals surface area contributed by atoms with Gasteiger partial charge in [0.2, 0.25) is 0 Å². The van der Waals surface area contributed by atoms with E-state index in [1.807, 2.05) is 48.5 Å². The standard InChI is InChI=1S/C23H23N3O3/c1-29-22(28)23(13-5-6-14-23)25-21(27)18-10-7-11-19(16-18)26-20(12-15-24-26)17-8-3-2-4-9-17/h2-4,7-12,15-16H,5-6,13-14H2,1H3,(H,25,27). The van der Waals surface area contributed by atoms with Gasteiger partial charge in [-0.2, -0.15) is 5.10 Å². The Balaban J connectivity index is 1.63. The van der Waals surface area contributed by atoms with Gasteiger partial charge in [-0.15, -0.1) is 0 Å². The molecule has 0 spiro atoms. The van der Waals surface area contributed by atoms with E-state index in [0.29, 0.717) is 18.4 Å². The highest BCUT2D eigenvalue weighted by Gasteiger charge is 2.43. The molecule has 0 saturated heterocycles. The van der Waals surface area contributed by atoms with Crippen molar-refractivity contribution in [2.24, 2.45) is 0 Å². The molecule has 1 saturated carbocycles. The van der Waals surface area contributed by atoms with E-state index in [4.69, 9.17) is 4.74 Å². The molecule has 6 heteroatoms. The minimum absolute atomic E-state index is 0.285. The number of esters is 1. The summed E-state index contributed by atoms with van der Waals surface area (Å²) in [5, 5.41) is 7.37. The van der Waals surface area contributed by atoms with Crippen LogP contribution in [-0.2, 0) is 9.53 Å². The zero-order valence-electron chi connectivity index (χ0n) is 16.3. The summed E-state index contributed by atoms with van der Waals surface area (Å²) in [6.07, 6.45) is 4.72. The molecule has 1 heterocycles. The largest absolute Gasteiger partial charge is 0.467 e. The monoisotopic (exact) mass is 389 g/mol. The molecule has 0 bridgehead atoms. The van der Waals surface area contributed by atoms with Crippen LogP contribution in [0.5, 0.6) is 0 Å². The van der Waals surface area contributed by atoms with Gasteiger partial charge in [-0.1, -0.05) is 49.2 Å². The number of ether oxygens (including phenoxy) is 1. The molecule has 3 aromatic rings. The molecule has 1 N–H and O–H groups in total. The Kier molecular flexibility index (Phi) is 5.16. The summed E-state index contributed by atoms with van der Waals surface area (Å²) >= 11 is 0. The molecular formula is C23H23N3O3. The molecule has 1 fully saturated rings. The lowest BCUT2D eigenvalue weighted by Crippen LogP contribution is -2.53. The van der Waals surface area contributed by atoms with Crippen LogP contribution in [0.15, 0.2) is 66.9 Å². The average molecular weight is 389 g/mol. The van der Waals surface area contributed by atoms with Gasteiger partial charge in [-0.05, 0) is 37.1 Å². The summed E-state index contributed by atoms with van der Waals surface area (Å²) in [5.41, 5.74) is 2.30. The van der Waals surface area contributed by atoms with Crippen LogP contribution in [0, 0.1) is 0 Å². The molecule has 148 valence electrons. The summed E-state index contributed by atoms with van der Waals surface area (Å²) in [6, 6.07) is 19.1. The smallest absolute Gasteiger partial charge is 0.331 e. The lowest BCUT2D eigenvalue weighted by Gasteiger charge is -2.27. The van der Waals surface area contributed by atoms with E-state index >= 15 is 0 Å². The van der Waals surface area contributed by atoms with Gasteiger partial charge in [0.25, 0.3) is 5.91 Å². The number of carbonyl (C=O) groups is 2. The fraction of sp³-hybridized carbons (Fsp3) is 0.261. The highest BCUT2D eigenvalue weighted by Crippen LogP contribution is 2.31. The number of rotatable bonds is 5. The molecule has 1 aliphatic carbocycles. The molecule has 0 unspecified atom stereocenters. The van der Waals surface area contributed by atoms with Crippen LogP contribution in [0.4, 0.5) is 0 Å². The first-order valence-corrected chi connectivity index (χ1v) is 9.74. The van der Waals surface area contributed by atoms with Gasteiger partial charge in [0.15, 0.2) is 0 Å². The van der Waals surface area contributed by atoms with Gasteiger partial charge >= 0.3 is 5.97 Å². The van der Waals surface area contributed by atoms with Crippen molar-refractivity contribution in [1.82, 2.24) is 15.1 Å². The van der Waals surface area contributed by atoms with Gasteiger partial charge in [-0.3, -0.25) is 4.79 Å². The van der Waals surface area contributed by atoms with Gasteiger partial charge in [0, 0.05) is 11.1 Å². The topological polar surface area (TPSA) is 73.2 Å². The Morgan fingerprint density at radius 3 is 2.52 bits per heavy atom. The van der Waals surface area contributed by atoms with E-state index in [1.54, 1.807) is 23.0 Å². The quantitative estimate of drug-likeness (QED) is 0.675. The summed E-state index contributed by atoms with van der Waals surface area (Å²) in [6.45, 7) is 0. The lowest BCUT2D eigenvalue weighted by molar-refractivity contribution is -0.148. The summed E-state index contributed by atoms with van der Waals surface area (Å²) < 4.78 is 6.76. The molecule has 1 aromatic heterocycles. The van der Waals surface area contributed by atoms with E-state index in [9.17, 15) is 9.59 Å². The maximum atomic E-state index is 13.0. The van der Waals surface area contributed by atoms with Gasteiger partial charge in [0.05, 0.1) is 24.7 Å². The predicted octanol–water partition coefficient (Wildman–Crippen LogP) is 3.75. The number of hydrogen-bond acceptors (Lipinski definition) is 4. The fourth-order valence-corrected chi connectivity index (χ4v) is 3.96. The van der Waals surface area contributed by atoms with E-state index in [0.717, 1.165) is 29.8 Å². The molecule has 29 heavy (non-hydrogen) atoms. The Labute approximate surface area is 169 Å². The van der Waals surface area contributed by atoms with Crippen molar-refractivity contribution in [1.29, 1.82) is 0 Å². The molecule has 0 aliphatic heterocycles. The maximum absolute atomic E-state index is 13.0. The van der Waals surface area contributed by atoms with E-state index in [-0.39, 0.29) is 11.9 Å². The second-order valence-corrected chi connectivity index (χ2v) is 7.28. The SMILES string of the molecule is COC(=O)C1(NC(=O)c2cccc(-n3nccc3-c3ccccc3)c2)CCCC1. The van der Waals surface area contributed by atoms with Gasteiger partial charge < -0.3 is 10.1 Å². The van der Waals surface area contributed by atoms with Gasteiger partial charge in [-0.25, -0.2) is 9.48 Å². The van der Waals surface area contributed by atoms with Crippen molar-refractivity contribution < 1.29 is 14.3 Å². The first-order chi connectivity index (χ1) is 14.1. The Morgan fingerprint density at radius 1 is 1.03 bits per heavy atom. The third kappa shape index (κ3) is 3.66. The zero-order valence-corrected chi connectivity index (χ0v) is 16.3. The van der Waals surface area contributed by atoms with Crippen molar-refractivity contribution in [2.75, 3.05) is 7.11 Å². The molecule has 1 amide bonds. The minimum Gasteiger partial charge on any atom is -0.467 e. The van der Waals surface area contributed by atoms with Crippen molar-refractivity contribution in [3.05, 3.63) is 72.4 Å². The van der Waals surface area contributed by atoms with Crippen molar-refractivity contribution >= 4 is 11.9 Å². The normalized spacial score (nSPS) is 15.1. The van der Waals surface area contributed by atoms with E-state index in [1.165, 1.54) is 7.11 Å². The van der Waals surface area contributed by atoms with E-state index < -0.39 is 5.54 Å². The zero-order chi connectivity index (χ0) is 20.3. The first-order valence-electron chi connectivity index (χ1n) is 9.74. The number of nitrogens with one attached hydrogen (secondary N) is 1. The third-order valence-electron chi connectivity index (χ3n) is 5.45. The van der Waals surface area contributed by atoms with Crippen LogP contribution in [0.2, 0.25) is 0 Å². The highest BCUT2D eigenvalue weighted by atomic mass is 16.5. The van der Waals surface area contributed by atoms with Gasteiger partial charge in [0.1, 0.15) is 5.54 Å². The molecule has 0 atom stereocenters. The number of benzene rings is 2. The molecule has 0 radical (unpaired) electrons. The predicted molar refractivity (Wildman–Crippen MR) is 110 cm³/mol. The first kappa shape index (κ1) is 18.9. The Morgan fingerprint density at radius 2 is 1.79 bits per heavy atom. The molecule has 1 aliphatic rings. The lowest BCUT2D eigenvalue weighted by atomic mass is 9.97. The Hall–Kier alpha value is -3.41. The van der Waals surface area contributed by atoms with Crippen LogP contribution in [0.3, 0.4) is 0 Å². The number of nitrogens with zero attached hydrogens (tertiary/aromatic N) is 2. The molecule has 2 aromatic carbocycles. The molecule has 4 rings (SSSR count). The van der Waals surface area contributed by atoms with Crippen LogP contribution < -0.4 is 5.32 Å². The third-order valence-corrected chi connectivity index (χ3v) is 5.45. The number of aromatic nitrogens is 2. The number of carbonyl (C=O) groups excluding carboxylic acids is 2. The van der Waals surface area contributed by atoms with Crippen molar-refractivity contribution in [2.45, 2.75) is 31.2 Å². The fourth-order valence-electron chi connectivity index (χ4n) is 3.96. The van der Waals surface area contributed by atoms with Crippen LogP contribution >= 0.6 is 0 Å². The van der Waals surface area contributed by atoms with Crippen LogP contribution in [0.25, 0.3) is 16.9 Å². The molecular weight excluding hydrogens is 366 g/mol. The highest BCUT2D eigenvalue weighted by molar-refractivity contribution is 5.98. The second-order valence-electron chi connectivity index (χ2n) is 7.28. The molecule has 6 nitrogen and oxygen atoms in total. The average Bonchev–Trinajstić information content (AvgIpc) is 3.44. The summed E-state index contributed by atoms with van der Waals surface area (Å²) in [4.78, 5) is 25.3.